The van der Waals surface area contributed by atoms with E-state index in [4.69, 9.17) is 4.42 Å². The monoisotopic (exact) mass is 432 g/mol. The molecule has 4 aromatic rings. The van der Waals surface area contributed by atoms with Crippen molar-refractivity contribution in [3.63, 3.8) is 0 Å². The molecule has 32 heavy (non-hydrogen) atoms. The summed E-state index contributed by atoms with van der Waals surface area (Å²) >= 11 is 0. The molecule has 1 amide bonds. The first-order chi connectivity index (χ1) is 15.5. The van der Waals surface area contributed by atoms with Gasteiger partial charge in [-0.1, -0.05) is 31.2 Å². The lowest BCUT2D eigenvalue weighted by Crippen LogP contribution is -2.36. The molecule has 0 spiro atoms. The average Bonchev–Trinajstić information content (AvgIpc) is 3.13. The molecule has 0 radical (unpaired) electrons. The number of furan rings is 1. The molecule has 0 aliphatic heterocycles. The standard InChI is InChI=1S/C24H24N4O4/c1-3-14-27(15-12-17-9-7-8-13-25-17)22(29)19-16(2)32-21-20(19)23(30)28(24(31)26-21)18-10-5-4-6-11-18/h4-11,13H,3,12,14-15H2,1-2H3,(H,26,31). The van der Waals surface area contributed by atoms with Crippen LogP contribution in [-0.2, 0) is 6.42 Å². The lowest BCUT2D eigenvalue weighted by Gasteiger charge is -2.22. The number of hydrogen-bond acceptors (Lipinski definition) is 5. The second-order valence-electron chi connectivity index (χ2n) is 7.51. The van der Waals surface area contributed by atoms with Crippen LogP contribution in [-0.4, -0.2) is 38.4 Å². The van der Waals surface area contributed by atoms with Gasteiger partial charge in [0.1, 0.15) is 11.1 Å². The fraction of sp³-hybridized carbons (Fsp3) is 0.250. The van der Waals surface area contributed by atoms with Crippen molar-refractivity contribution in [2.75, 3.05) is 13.1 Å². The van der Waals surface area contributed by atoms with Crippen LogP contribution in [0.15, 0.2) is 68.7 Å². The van der Waals surface area contributed by atoms with Gasteiger partial charge in [0.25, 0.3) is 11.5 Å². The summed E-state index contributed by atoms with van der Waals surface area (Å²) in [5, 5.41) is 0.0786. The van der Waals surface area contributed by atoms with Crippen molar-refractivity contribution in [1.82, 2.24) is 19.4 Å². The van der Waals surface area contributed by atoms with E-state index in [2.05, 4.69) is 9.97 Å². The third kappa shape index (κ3) is 3.99. The van der Waals surface area contributed by atoms with E-state index in [1.807, 2.05) is 25.1 Å². The number of pyridine rings is 1. The van der Waals surface area contributed by atoms with Crippen LogP contribution in [0.2, 0.25) is 0 Å². The van der Waals surface area contributed by atoms with Crippen LogP contribution in [0, 0.1) is 6.92 Å². The van der Waals surface area contributed by atoms with Gasteiger partial charge >= 0.3 is 5.69 Å². The second-order valence-corrected chi connectivity index (χ2v) is 7.51. The number of aromatic amines is 1. The maximum atomic E-state index is 13.5. The Kier molecular flexibility index (Phi) is 6.02. The van der Waals surface area contributed by atoms with Crippen LogP contribution >= 0.6 is 0 Å². The van der Waals surface area contributed by atoms with E-state index in [9.17, 15) is 14.4 Å². The van der Waals surface area contributed by atoms with Gasteiger partial charge in [0.15, 0.2) is 0 Å². The Bertz CT molecular complexity index is 1350. The van der Waals surface area contributed by atoms with Crippen LogP contribution in [0.5, 0.6) is 0 Å². The Morgan fingerprint density at radius 3 is 2.53 bits per heavy atom. The number of benzene rings is 1. The summed E-state index contributed by atoms with van der Waals surface area (Å²) < 4.78 is 6.66. The highest BCUT2D eigenvalue weighted by Gasteiger charge is 2.27. The van der Waals surface area contributed by atoms with Crippen LogP contribution in [0.25, 0.3) is 16.8 Å². The summed E-state index contributed by atoms with van der Waals surface area (Å²) in [5.41, 5.74) is 0.275. The number of nitrogens with zero attached hydrogens (tertiary/aromatic N) is 3. The van der Waals surface area contributed by atoms with E-state index in [1.54, 1.807) is 48.4 Å². The molecular formula is C24H24N4O4. The second kappa shape index (κ2) is 9.05. The molecule has 1 N–H and O–H groups in total. The number of amides is 1. The molecule has 0 saturated carbocycles. The fourth-order valence-corrected chi connectivity index (χ4v) is 3.80. The van der Waals surface area contributed by atoms with Gasteiger partial charge in [-0.05, 0) is 37.6 Å². The summed E-state index contributed by atoms with van der Waals surface area (Å²) in [6, 6.07) is 14.2. The Balaban J connectivity index is 1.78. The average molecular weight is 432 g/mol. The summed E-state index contributed by atoms with van der Waals surface area (Å²) in [7, 11) is 0. The minimum absolute atomic E-state index is 0.00852. The number of rotatable bonds is 7. The minimum atomic E-state index is -0.623. The smallest absolute Gasteiger partial charge is 0.335 e. The number of hydrogen-bond donors (Lipinski definition) is 1. The predicted molar refractivity (Wildman–Crippen MR) is 121 cm³/mol. The Morgan fingerprint density at radius 2 is 1.84 bits per heavy atom. The molecule has 3 aromatic heterocycles. The quantitative estimate of drug-likeness (QED) is 0.484. The zero-order valence-corrected chi connectivity index (χ0v) is 18.0. The highest BCUT2D eigenvalue weighted by Crippen LogP contribution is 2.23. The van der Waals surface area contributed by atoms with Gasteiger partial charge in [-0.3, -0.25) is 19.6 Å². The minimum Gasteiger partial charge on any atom is -0.444 e. The van der Waals surface area contributed by atoms with Crippen molar-refractivity contribution in [3.05, 3.63) is 92.6 Å². The molecule has 1 aromatic carbocycles. The summed E-state index contributed by atoms with van der Waals surface area (Å²) in [5.74, 6) is -0.00899. The summed E-state index contributed by atoms with van der Waals surface area (Å²) in [6.07, 6.45) is 3.07. The van der Waals surface area contributed by atoms with Gasteiger partial charge in [-0.25, -0.2) is 9.36 Å². The molecule has 164 valence electrons. The normalized spacial score (nSPS) is 11.1. The fourth-order valence-electron chi connectivity index (χ4n) is 3.80. The molecule has 0 unspecified atom stereocenters. The molecule has 0 aliphatic rings. The first-order valence-electron chi connectivity index (χ1n) is 10.5. The van der Waals surface area contributed by atoms with E-state index in [-0.39, 0.29) is 22.6 Å². The highest BCUT2D eigenvalue weighted by molar-refractivity contribution is 6.06. The number of para-hydroxylation sites is 1. The topological polar surface area (TPSA) is 101 Å². The van der Waals surface area contributed by atoms with E-state index >= 15 is 0 Å². The Morgan fingerprint density at radius 1 is 1.09 bits per heavy atom. The predicted octanol–water partition coefficient (Wildman–Crippen LogP) is 3.07. The maximum Gasteiger partial charge on any atom is 0.335 e. The van der Waals surface area contributed by atoms with E-state index in [0.717, 1.165) is 16.7 Å². The first-order valence-corrected chi connectivity index (χ1v) is 10.5. The van der Waals surface area contributed by atoms with Crippen molar-refractivity contribution in [3.8, 4) is 5.69 Å². The number of aryl methyl sites for hydroxylation is 1. The van der Waals surface area contributed by atoms with Gasteiger partial charge in [-0.2, -0.15) is 0 Å². The maximum absolute atomic E-state index is 13.5. The van der Waals surface area contributed by atoms with Crippen LogP contribution < -0.4 is 11.2 Å². The SMILES string of the molecule is CCCN(CCc1ccccn1)C(=O)c1c(C)oc2[nH]c(=O)n(-c3ccccc3)c(=O)c12. The van der Waals surface area contributed by atoms with Gasteiger partial charge in [-0.15, -0.1) is 0 Å². The molecule has 3 heterocycles. The lowest BCUT2D eigenvalue weighted by atomic mass is 10.1. The van der Waals surface area contributed by atoms with Crippen LogP contribution in [0.4, 0.5) is 0 Å². The van der Waals surface area contributed by atoms with Crippen LogP contribution in [0.3, 0.4) is 0 Å². The van der Waals surface area contributed by atoms with Crippen molar-refractivity contribution >= 4 is 17.0 Å². The Labute approximate surface area is 184 Å². The largest absolute Gasteiger partial charge is 0.444 e. The zero-order chi connectivity index (χ0) is 22.7. The third-order valence-electron chi connectivity index (χ3n) is 5.30. The highest BCUT2D eigenvalue weighted by atomic mass is 16.3. The number of carbonyl (C=O) groups is 1. The Hall–Kier alpha value is -3.94. The molecule has 0 fully saturated rings. The number of fused-ring (bicyclic) bond motifs is 1. The number of nitrogens with one attached hydrogen (secondary N) is 1. The number of H-pyrrole nitrogens is 1. The molecule has 8 nitrogen and oxygen atoms in total. The van der Waals surface area contributed by atoms with Gasteiger partial charge in [0.05, 0.1) is 11.3 Å². The van der Waals surface area contributed by atoms with E-state index in [1.165, 1.54) is 0 Å². The van der Waals surface area contributed by atoms with Gasteiger partial charge < -0.3 is 9.32 Å². The summed E-state index contributed by atoms with van der Waals surface area (Å²) in [6.45, 7) is 4.59. The van der Waals surface area contributed by atoms with Crippen molar-refractivity contribution in [2.45, 2.75) is 26.7 Å². The molecule has 0 atom stereocenters. The molecule has 0 bridgehead atoms. The van der Waals surface area contributed by atoms with Crippen molar-refractivity contribution in [1.29, 1.82) is 0 Å². The number of carbonyl (C=O) groups excluding carboxylic acids is 1. The molecular weight excluding hydrogens is 408 g/mol. The van der Waals surface area contributed by atoms with Crippen LogP contribution in [0.1, 0.15) is 35.2 Å². The lowest BCUT2D eigenvalue weighted by molar-refractivity contribution is 0.0757. The molecule has 0 aliphatic carbocycles. The first kappa shape index (κ1) is 21.3. The molecule has 0 saturated heterocycles. The number of aromatic nitrogens is 3. The zero-order valence-electron chi connectivity index (χ0n) is 18.0. The van der Waals surface area contributed by atoms with Crippen molar-refractivity contribution < 1.29 is 9.21 Å². The van der Waals surface area contributed by atoms with E-state index in [0.29, 0.717) is 31.0 Å². The van der Waals surface area contributed by atoms with Gasteiger partial charge in [0.2, 0.25) is 5.71 Å². The molecule has 4 rings (SSSR count). The molecule has 8 heteroatoms. The summed E-state index contributed by atoms with van der Waals surface area (Å²) in [4.78, 5) is 48.1. The van der Waals surface area contributed by atoms with E-state index < -0.39 is 11.2 Å². The third-order valence-corrected chi connectivity index (χ3v) is 5.30. The van der Waals surface area contributed by atoms with Crippen molar-refractivity contribution in [2.24, 2.45) is 0 Å². The van der Waals surface area contributed by atoms with Gasteiger partial charge in [0, 0.05) is 31.4 Å².